The van der Waals surface area contributed by atoms with Crippen LogP contribution >= 0.6 is 0 Å². The van der Waals surface area contributed by atoms with Gasteiger partial charge in [-0.25, -0.2) is 4.79 Å². The van der Waals surface area contributed by atoms with Crippen LogP contribution in [0.1, 0.15) is 11.1 Å². The largest absolute Gasteiger partial charge is 0.345 e. The minimum Gasteiger partial charge on any atom is -0.345 e. The topological polar surface area (TPSA) is 59.3 Å². The van der Waals surface area contributed by atoms with Gasteiger partial charge in [-0.3, -0.25) is 14.3 Å². The predicted octanol–water partition coefficient (Wildman–Crippen LogP) is 4.83. The molecule has 2 aromatic carbocycles. The molecule has 1 aliphatic heterocycles. The zero-order valence-corrected chi connectivity index (χ0v) is 16.9. The average Bonchev–Trinajstić information content (AvgIpc) is 3.46. The van der Waals surface area contributed by atoms with E-state index in [1.54, 1.807) is 29.4 Å². The molecule has 0 bridgehead atoms. The van der Waals surface area contributed by atoms with Gasteiger partial charge in [-0.1, -0.05) is 24.3 Å². The Bertz CT molecular complexity index is 1230. The third kappa shape index (κ3) is 3.75. The van der Waals surface area contributed by atoms with Gasteiger partial charge in [-0.05, 0) is 66.4 Å². The van der Waals surface area contributed by atoms with Crippen LogP contribution in [0.3, 0.4) is 0 Å². The van der Waals surface area contributed by atoms with Crippen LogP contribution in [0.5, 0.6) is 0 Å². The summed E-state index contributed by atoms with van der Waals surface area (Å²) in [5.41, 5.74) is 4.57. The lowest BCUT2D eigenvalue weighted by Crippen LogP contribution is -2.30. The number of carbonyl (C=O) groups is 2. The number of carbonyl (C=O) groups excluding carboxylic acids is 2. The van der Waals surface area contributed by atoms with E-state index in [1.807, 2.05) is 65.5 Å². The second-order valence-corrected chi connectivity index (χ2v) is 7.58. The number of anilines is 3. The summed E-state index contributed by atoms with van der Waals surface area (Å²) in [7, 11) is 0. The highest BCUT2D eigenvalue weighted by molar-refractivity contribution is 6.03. The number of para-hydroxylation sites is 1. The lowest BCUT2D eigenvalue weighted by Gasteiger charge is -2.26. The van der Waals surface area contributed by atoms with Gasteiger partial charge in [0.2, 0.25) is 0 Å². The van der Waals surface area contributed by atoms with E-state index in [0.29, 0.717) is 5.69 Å². The van der Waals surface area contributed by atoms with E-state index in [9.17, 15) is 9.59 Å². The Balaban J connectivity index is 1.54. The molecule has 0 spiro atoms. The number of nitrogens with one attached hydrogen (secondary N) is 1. The molecule has 5 rings (SSSR count). The van der Waals surface area contributed by atoms with Crippen LogP contribution in [0, 0.1) is 0 Å². The SMILES string of the molecule is O=C(Cn1cccc1)N1c2ccccc2CCc2ccc(NC(=O)n3cccc3)cc21. The summed E-state index contributed by atoms with van der Waals surface area (Å²) in [6, 6.07) is 21.0. The molecular formula is C25H22N4O2. The first-order chi connectivity index (χ1) is 15.2. The fourth-order valence-electron chi connectivity index (χ4n) is 4.03. The highest BCUT2D eigenvalue weighted by Gasteiger charge is 2.26. The molecule has 1 N–H and O–H groups in total. The van der Waals surface area contributed by atoms with Gasteiger partial charge in [-0.15, -0.1) is 0 Å². The number of hydrogen-bond donors (Lipinski definition) is 1. The van der Waals surface area contributed by atoms with Gasteiger partial charge < -0.3 is 9.88 Å². The van der Waals surface area contributed by atoms with Crippen LogP contribution < -0.4 is 10.2 Å². The molecule has 0 saturated carbocycles. The Morgan fingerprint density at radius 3 is 2.23 bits per heavy atom. The second-order valence-electron chi connectivity index (χ2n) is 7.58. The fourth-order valence-corrected chi connectivity index (χ4v) is 4.03. The number of benzene rings is 2. The van der Waals surface area contributed by atoms with E-state index < -0.39 is 0 Å². The Morgan fingerprint density at radius 2 is 1.45 bits per heavy atom. The average molecular weight is 410 g/mol. The van der Waals surface area contributed by atoms with Crippen molar-refractivity contribution in [3.05, 3.63) is 103 Å². The maximum atomic E-state index is 13.5. The lowest BCUT2D eigenvalue weighted by atomic mass is 10.0. The van der Waals surface area contributed by atoms with Crippen molar-refractivity contribution in [3.8, 4) is 0 Å². The first-order valence-electron chi connectivity index (χ1n) is 10.3. The molecule has 0 fully saturated rings. The van der Waals surface area contributed by atoms with Gasteiger partial charge in [0.15, 0.2) is 0 Å². The molecule has 31 heavy (non-hydrogen) atoms. The van der Waals surface area contributed by atoms with Crippen molar-refractivity contribution in [2.24, 2.45) is 0 Å². The highest BCUT2D eigenvalue weighted by atomic mass is 16.2. The molecule has 0 saturated heterocycles. The van der Waals surface area contributed by atoms with Crippen LogP contribution in [-0.4, -0.2) is 21.1 Å². The summed E-state index contributed by atoms with van der Waals surface area (Å²) >= 11 is 0. The number of hydrogen-bond acceptors (Lipinski definition) is 2. The van der Waals surface area contributed by atoms with E-state index >= 15 is 0 Å². The monoisotopic (exact) mass is 410 g/mol. The Kier molecular flexibility index (Phi) is 4.88. The van der Waals surface area contributed by atoms with Gasteiger partial charge in [0.25, 0.3) is 5.91 Å². The predicted molar refractivity (Wildman–Crippen MR) is 121 cm³/mol. The number of fused-ring (bicyclic) bond motifs is 2. The number of aromatic nitrogens is 2. The third-order valence-electron chi connectivity index (χ3n) is 5.55. The van der Waals surface area contributed by atoms with Crippen molar-refractivity contribution in [1.29, 1.82) is 0 Å². The van der Waals surface area contributed by atoms with Crippen molar-refractivity contribution >= 4 is 29.0 Å². The Morgan fingerprint density at radius 1 is 0.774 bits per heavy atom. The van der Waals surface area contributed by atoms with Crippen LogP contribution in [0.4, 0.5) is 21.9 Å². The molecule has 6 nitrogen and oxygen atoms in total. The fraction of sp³-hybridized carbons (Fsp3) is 0.120. The molecule has 0 atom stereocenters. The van der Waals surface area contributed by atoms with E-state index in [1.165, 1.54) is 4.57 Å². The van der Waals surface area contributed by atoms with Crippen molar-refractivity contribution in [1.82, 2.24) is 9.13 Å². The number of nitrogens with zero attached hydrogens (tertiary/aromatic N) is 3. The van der Waals surface area contributed by atoms with Crippen LogP contribution in [-0.2, 0) is 24.2 Å². The van der Waals surface area contributed by atoms with Crippen LogP contribution in [0.25, 0.3) is 0 Å². The van der Waals surface area contributed by atoms with Gasteiger partial charge in [0.05, 0.1) is 11.4 Å². The van der Waals surface area contributed by atoms with E-state index in [0.717, 1.165) is 35.3 Å². The molecule has 154 valence electrons. The van der Waals surface area contributed by atoms with Crippen molar-refractivity contribution in [3.63, 3.8) is 0 Å². The third-order valence-corrected chi connectivity index (χ3v) is 5.55. The minimum atomic E-state index is -0.246. The van der Waals surface area contributed by atoms with E-state index in [-0.39, 0.29) is 18.5 Å². The van der Waals surface area contributed by atoms with Gasteiger partial charge in [-0.2, -0.15) is 0 Å². The molecule has 0 radical (unpaired) electrons. The van der Waals surface area contributed by atoms with Crippen molar-refractivity contribution in [2.45, 2.75) is 19.4 Å². The van der Waals surface area contributed by atoms with Crippen LogP contribution in [0.2, 0.25) is 0 Å². The van der Waals surface area contributed by atoms with Crippen molar-refractivity contribution in [2.75, 3.05) is 10.2 Å². The van der Waals surface area contributed by atoms with Crippen molar-refractivity contribution < 1.29 is 9.59 Å². The summed E-state index contributed by atoms with van der Waals surface area (Å²) in [6.07, 6.45) is 8.84. The molecule has 2 aromatic heterocycles. The normalized spacial score (nSPS) is 12.6. The highest BCUT2D eigenvalue weighted by Crippen LogP contribution is 2.37. The summed E-state index contributed by atoms with van der Waals surface area (Å²) in [6.45, 7) is 0.237. The molecule has 0 unspecified atom stereocenters. The maximum Gasteiger partial charge on any atom is 0.329 e. The van der Waals surface area contributed by atoms with Gasteiger partial charge >= 0.3 is 6.03 Å². The molecular weight excluding hydrogens is 388 g/mol. The van der Waals surface area contributed by atoms with Gasteiger partial charge in [0, 0.05) is 30.5 Å². The van der Waals surface area contributed by atoms with Gasteiger partial charge in [0.1, 0.15) is 6.54 Å². The Labute approximate surface area is 180 Å². The number of aryl methyl sites for hydroxylation is 2. The molecule has 0 aliphatic carbocycles. The standard InChI is InChI=1S/C25H22N4O2/c30-24(18-27-13-3-4-14-27)29-22-8-2-1-7-19(22)9-10-20-11-12-21(17-23(20)29)26-25(31)28-15-5-6-16-28/h1-8,11-17H,9-10,18H2,(H,26,31). The van der Waals surface area contributed by atoms with Crippen LogP contribution in [0.15, 0.2) is 91.5 Å². The first kappa shape index (κ1) is 18.9. The molecule has 6 heteroatoms. The first-order valence-corrected chi connectivity index (χ1v) is 10.3. The maximum absolute atomic E-state index is 13.5. The smallest absolute Gasteiger partial charge is 0.329 e. The number of rotatable bonds is 3. The quantitative estimate of drug-likeness (QED) is 0.526. The summed E-state index contributed by atoms with van der Waals surface area (Å²) in [4.78, 5) is 27.8. The molecule has 4 aromatic rings. The zero-order valence-electron chi connectivity index (χ0n) is 16.9. The minimum absolute atomic E-state index is 0.0271. The van der Waals surface area contributed by atoms with E-state index in [4.69, 9.17) is 0 Å². The summed E-state index contributed by atoms with van der Waals surface area (Å²) < 4.78 is 3.35. The molecule has 3 heterocycles. The van der Waals surface area contributed by atoms with E-state index in [2.05, 4.69) is 11.4 Å². The summed E-state index contributed by atoms with van der Waals surface area (Å²) in [5, 5.41) is 2.92. The zero-order chi connectivity index (χ0) is 21.2. The molecule has 1 aliphatic rings. The Hall–Kier alpha value is -4.06. The lowest BCUT2D eigenvalue weighted by molar-refractivity contribution is -0.118. The molecule has 2 amide bonds. The second kappa shape index (κ2) is 7.99. The summed E-state index contributed by atoms with van der Waals surface area (Å²) in [5.74, 6) is -0.0271. The number of amides is 2.